The van der Waals surface area contributed by atoms with Gasteiger partial charge in [-0.25, -0.2) is 0 Å². The zero-order valence-electron chi connectivity index (χ0n) is 9.71. The van der Waals surface area contributed by atoms with Crippen molar-refractivity contribution >= 4 is 0 Å². The molecule has 0 atom stereocenters. The minimum absolute atomic E-state index is 1.23. The number of unbranched alkanes of at least 4 members (excludes halogenated alkanes) is 5. The summed E-state index contributed by atoms with van der Waals surface area (Å²) in [6.45, 7) is 4.29. The third kappa shape index (κ3) is 11.2. The molecule has 0 aromatic carbocycles. The first kappa shape index (κ1) is 13.2. The molecule has 0 saturated carbocycles. The maximum absolute atomic E-state index is 2.26. The molecule has 0 saturated heterocycles. The van der Waals surface area contributed by atoms with E-state index < -0.39 is 0 Å². The van der Waals surface area contributed by atoms with Gasteiger partial charge in [0.2, 0.25) is 0 Å². The maximum atomic E-state index is 2.26. The van der Waals surface area contributed by atoms with Gasteiger partial charge >= 0.3 is 0 Å². The summed E-state index contributed by atoms with van der Waals surface area (Å²) in [6.07, 6.45) is 20.7. The molecule has 0 heterocycles. The van der Waals surface area contributed by atoms with Crippen molar-refractivity contribution in [3.8, 4) is 0 Å². The largest absolute Gasteiger partial charge is 0.0877 e. The molecule has 80 valence electrons. The average Bonchev–Trinajstić information content (AvgIpc) is 2.21. The summed E-state index contributed by atoms with van der Waals surface area (Å²) >= 11 is 0. The molecule has 0 fully saturated rings. The highest BCUT2D eigenvalue weighted by Gasteiger charge is 1.85. The second-order valence-electron chi connectivity index (χ2n) is 3.54. The molecule has 0 spiro atoms. The van der Waals surface area contributed by atoms with Gasteiger partial charge in [-0.15, -0.1) is 0 Å². The van der Waals surface area contributed by atoms with Crippen molar-refractivity contribution in [2.75, 3.05) is 0 Å². The van der Waals surface area contributed by atoms with Crippen LogP contribution in [-0.4, -0.2) is 0 Å². The van der Waals surface area contributed by atoms with E-state index in [9.17, 15) is 0 Å². The van der Waals surface area contributed by atoms with E-state index in [2.05, 4.69) is 31.2 Å². The van der Waals surface area contributed by atoms with Crippen LogP contribution in [0.3, 0.4) is 0 Å². The quantitative estimate of drug-likeness (QED) is 0.373. The monoisotopic (exact) mass is 192 g/mol. The van der Waals surface area contributed by atoms with E-state index >= 15 is 0 Å². The van der Waals surface area contributed by atoms with Gasteiger partial charge in [0.05, 0.1) is 0 Å². The fourth-order valence-electron chi connectivity index (χ4n) is 1.28. The van der Waals surface area contributed by atoms with Crippen molar-refractivity contribution in [1.82, 2.24) is 0 Å². The molecule has 0 aromatic rings. The van der Waals surface area contributed by atoms with Crippen LogP contribution in [0, 0.1) is 0 Å². The van der Waals surface area contributed by atoms with Gasteiger partial charge in [0.15, 0.2) is 0 Å². The first-order valence-corrected chi connectivity index (χ1v) is 5.86. The van der Waals surface area contributed by atoms with Gasteiger partial charge in [0.1, 0.15) is 0 Å². The molecular formula is C14H24. The first-order valence-electron chi connectivity index (χ1n) is 5.86. The Morgan fingerprint density at radius 3 is 2.21 bits per heavy atom. The molecule has 0 heteroatoms. The molecule has 0 aliphatic rings. The average molecular weight is 192 g/mol. The molecule has 0 aliphatic heterocycles. The lowest BCUT2D eigenvalue weighted by Crippen LogP contribution is -1.75. The lowest BCUT2D eigenvalue weighted by molar-refractivity contribution is 0.637. The minimum atomic E-state index is 1.23. The van der Waals surface area contributed by atoms with Gasteiger partial charge in [-0.05, 0) is 19.8 Å². The van der Waals surface area contributed by atoms with Crippen LogP contribution in [-0.2, 0) is 0 Å². The summed E-state index contributed by atoms with van der Waals surface area (Å²) in [6, 6.07) is 0. The smallest absolute Gasteiger partial charge is 0.0348 e. The summed E-state index contributed by atoms with van der Waals surface area (Å²) in [4.78, 5) is 0. The second-order valence-corrected chi connectivity index (χ2v) is 3.54. The van der Waals surface area contributed by atoms with Crippen molar-refractivity contribution in [1.29, 1.82) is 0 Å². The van der Waals surface area contributed by atoms with Crippen LogP contribution in [0.4, 0.5) is 0 Å². The predicted octanol–water partition coefficient (Wildman–Crippen LogP) is 5.04. The van der Waals surface area contributed by atoms with E-state index in [4.69, 9.17) is 0 Å². The van der Waals surface area contributed by atoms with Gasteiger partial charge < -0.3 is 0 Å². The van der Waals surface area contributed by atoms with Crippen molar-refractivity contribution in [3.05, 3.63) is 36.5 Å². The topological polar surface area (TPSA) is 0 Å². The minimum Gasteiger partial charge on any atom is -0.0877 e. The van der Waals surface area contributed by atoms with E-state index in [0.29, 0.717) is 0 Å². The van der Waals surface area contributed by atoms with Crippen molar-refractivity contribution in [2.24, 2.45) is 0 Å². The summed E-state index contributed by atoms with van der Waals surface area (Å²) in [5, 5.41) is 0. The lowest BCUT2D eigenvalue weighted by Gasteiger charge is -1.95. The zero-order chi connectivity index (χ0) is 10.5. The molecular weight excluding hydrogens is 168 g/mol. The maximum Gasteiger partial charge on any atom is -0.0348 e. The highest BCUT2D eigenvalue weighted by atomic mass is 13.9. The molecule has 0 nitrogen and oxygen atoms in total. The SMILES string of the molecule is C/C=C/C=C/C=CCCCCCCC. The van der Waals surface area contributed by atoms with Crippen LogP contribution < -0.4 is 0 Å². The molecule has 0 N–H and O–H groups in total. The van der Waals surface area contributed by atoms with Crippen molar-refractivity contribution in [3.63, 3.8) is 0 Å². The standard InChI is InChI=1S/C14H24/c1-3-5-7-9-11-13-14-12-10-8-6-4-2/h3,5,7,9,11,13H,4,6,8,10,12,14H2,1-2H3/b5-3+,9-7+,13-11?. The van der Waals surface area contributed by atoms with Gasteiger partial charge in [-0.3, -0.25) is 0 Å². The Balaban J connectivity index is 3.18. The third-order valence-electron chi connectivity index (χ3n) is 2.14. The Bertz CT molecular complexity index is 172. The van der Waals surface area contributed by atoms with Gasteiger partial charge in [0.25, 0.3) is 0 Å². The highest BCUT2D eigenvalue weighted by Crippen LogP contribution is 2.05. The summed E-state index contributed by atoms with van der Waals surface area (Å²) < 4.78 is 0. The molecule has 0 bridgehead atoms. The Labute approximate surface area is 89.4 Å². The van der Waals surface area contributed by atoms with Crippen molar-refractivity contribution < 1.29 is 0 Å². The van der Waals surface area contributed by atoms with E-state index in [1.807, 2.05) is 19.1 Å². The number of hydrogen-bond acceptors (Lipinski definition) is 0. The molecule has 0 aromatic heterocycles. The van der Waals surface area contributed by atoms with Crippen molar-refractivity contribution in [2.45, 2.75) is 52.4 Å². The van der Waals surface area contributed by atoms with Gasteiger partial charge in [-0.1, -0.05) is 69.1 Å². The molecule has 14 heavy (non-hydrogen) atoms. The van der Waals surface area contributed by atoms with E-state index in [1.54, 1.807) is 0 Å². The lowest BCUT2D eigenvalue weighted by atomic mass is 10.1. The van der Waals surface area contributed by atoms with Crippen LogP contribution >= 0.6 is 0 Å². The highest BCUT2D eigenvalue weighted by molar-refractivity contribution is 5.10. The zero-order valence-corrected chi connectivity index (χ0v) is 9.71. The number of rotatable bonds is 8. The molecule has 0 radical (unpaired) electrons. The fourth-order valence-corrected chi connectivity index (χ4v) is 1.28. The van der Waals surface area contributed by atoms with E-state index in [1.165, 1.54) is 38.5 Å². The molecule has 0 rings (SSSR count). The predicted molar refractivity (Wildman–Crippen MR) is 66.5 cm³/mol. The van der Waals surface area contributed by atoms with Crippen LogP contribution in [0.25, 0.3) is 0 Å². The molecule has 0 aliphatic carbocycles. The number of allylic oxidation sites excluding steroid dienone is 6. The van der Waals surface area contributed by atoms with Gasteiger partial charge in [0, 0.05) is 0 Å². The molecule has 0 amide bonds. The summed E-state index contributed by atoms with van der Waals surface area (Å²) in [5.41, 5.74) is 0. The fraction of sp³-hybridized carbons (Fsp3) is 0.571. The second kappa shape index (κ2) is 12.2. The Kier molecular flexibility index (Phi) is 11.5. The molecule has 0 unspecified atom stereocenters. The Morgan fingerprint density at radius 1 is 0.786 bits per heavy atom. The normalized spacial score (nSPS) is 12.4. The van der Waals surface area contributed by atoms with E-state index in [-0.39, 0.29) is 0 Å². The van der Waals surface area contributed by atoms with Crippen LogP contribution in [0.2, 0.25) is 0 Å². The van der Waals surface area contributed by atoms with Crippen LogP contribution in [0.15, 0.2) is 36.5 Å². The third-order valence-corrected chi connectivity index (χ3v) is 2.14. The van der Waals surface area contributed by atoms with Crippen LogP contribution in [0.5, 0.6) is 0 Å². The summed E-state index contributed by atoms with van der Waals surface area (Å²) in [7, 11) is 0. The van der Waals surface area contributed by atoms with Gasteiger partial charge in [-0.2, -0.15) is 0 Å². The Morgan fingerprint density at radius 2 is 1.50 bits per heavy atom. The number of hydrogen-bond donors (Lipinski definition) is 0. The Hall–Kier alpha value is -0.780. The first-order chi connectivity index (χ1) is 6.91. The van der Waals surface area contributed by atoms with E-state index in [0.717, 1.165) is 0 Å². The summed E-state index contributed by atoms with van der Waals surface area (Å²) in [5.74, 6) is 0. The van der Waals surface area contributed by atoms with Crippen LogP contribution in [0.1, 0.15) is 52.4 Å².